The van der Waals surface area contributed by atoms with Crippen molar-refractivity contribution in [3.05, 3.63) is 50.8 Å². The van der Waals surface area contributed by atoms with E-state index in [1.807, 2.05) is 0 Å². The molecule has 0 saturated heterocycles. The van der Waals surface area contributed by atoms with Crippen LogP contribution in [0.15, 0.2) is 24.3 Å². The molecule has 3 nitrogen and oxygen atoms in total. The zero-order valence-corrected chi connectivity index (χ0v) is 12.4. The van der Waals surface area contributed by atoms with Gasteiger partial charge in [0.1, 0.15) is 0 Å². The van der Waals surface area contributed by atoms with Crippen molar-refractivity contribution in [3.8, 4) is 11.3 Å². The maximum Gasteiger partial charge on any atom is 0.338 e. The number of benzene rings is 1. The smallest absolute Gasteiger partial charge is 0.338 e. The molecule has 0 N–H and O–H groups in total. The van der Waals surface area contributed by atoms with Crippen LogP contribution in [0.4, 0.5) is 4.39 Å². The van der Waals surface area contributed by atoms with E-state index in [0.29, 0.717) is 5.56 Å². The third-order valence-corrected chi connectivity index (χ3v) is 3.82. The minimum absolute atomic E-state index is 0.0251. The van der Waals surface area contributed by atoms with Crippen LogP contribution in [0.5, 0.6) is 0 Å². The van der Waals surface area contributed by atoms with Gasteiger partial charge in [-0.3, -0.25) is 0 Å². The molecule has 104 valence electrons. The van der Waals surface area contributed by atoms with Crippen LogP contribution in [0.25, 0.3) is 11.3 Å². The van der Waals surface area contributed by atoms with Gasteiger partial charge >= 0.3 is 5.97 Å². The van der Waals surface area contributed by atoms with Crippen molar-refractivity contribution in [2.75, 3.05) is 7.11 Å². The third-order valence-electron chi connectivity index (χ3n) is 2.53. The Morgan fingerprint density at radius 3 is 2.55 bits per heavy atom. The molecule has 20 heavy (non-hydrogen) atoms. The molecular formula is C13H7Cl3FNO2. The first-order valence-electron chi connectivity index (χ1n) is 5.34. The molecule has 0 aliphatic rings. The van der Waals surface area contributed by atoms with Crippen molar-refractivity contribution in [3.63, 3.8) is 0 Å². The van der Waals surface area contributed by atoms with Gasteiger partial charge in [0.15, 0.2) is 0 Å². The fraction of sp³-hybridized carbons (Fsp3) is 0.0769. The lowest BCUT2D eigenvalue weighted by molar-refractivity contribution is 0.0600. The molecule has 0 aliphatic carbocycles. The molecule has 0 aliphatic heterocycles. The molecular weight excluding hydrogens is 328 g/mol. The van der Waals surface area contributed by atoms with E-state index in [1.54, 1.807) is 6.07 Å². The second-order valence-corrected chi connectivity index (χ2v) is 4.94. The highest BCUT2D eigenvalue weighted by Crippen LogP contribution is 2.37. The standard InChI is InChI=1S/C13H7Cl3FNO2/c1-20-13(19)6-4-9(18-10(17)5-6)7-2-3-8(14)12(16)11(7)15/h2-5H,1H3. The monoisotopic (exact) mass is 333 g/mol. The maximum atomic E-state index is 13.5. The van der Waals surface area contributed by atoms with E-state index in [1.165, 1.54) is 19.2 Å². The van der Waals surface area contributed by atoms with Crippen LogP contribution in [0.3, 0.4) is 0 Å². The molecule has 0 fully saturated rings. The summed E-state index contributed by atoms with van der Waals surface area (Å²) in [6, 6.07) is 5.38. The summed E-state index contributed by atoms with van der Waals surface area (Å²) >= 11 is 17.8. The Morgan fingerprint density at radius 2 is 1.90 bits per heavy atom. The fourth-order valence-corrected chi connectivity index (χ4v) is 2.23. The second kappa shape index (κ2) is 5.95. The van der Waals surface area contributed by atoms with Crippen LogP contribution in [0, 0.1) is 5.95 Å². The number of carbonyl (C=O) groups is 1. The Bertz CT molecular complexity index is 692. The Labute approximate surface area is 129 Å². The largest absolute Gasteiger partial charge is 0.465 e. The van der Waals surface area contributed by atoms with Crippen molar-refractivity contribution in [1.82, 2.24) is 4.98 Å². The van der Waals surface area contributed by atoms with Crippen LogP contribution >= 0.6 is 34.8 Å². The topological polar surface area (TPSA) is 39.2 Å². The molecule has 1 aromatic heterocycles. The van der Waals surface area contributed by atoms with Gasteiger partial charge in [-0.15, -0.1) is 0 Å². The first kappa shape index (κ1) is 15.0. The lowest BCUT2D eigenvalue weighted by Gasteiger charge is -2.08. The summed E-state index contributed by atoms with van der Waals surface area (Å²) in [6.45, 7) is 0. The zero-order valence-electron chi connectivity index (χ0n) is 10.1. The molecule has 0 atom stereocenters. The van der Waals surface area contributed by atoms with Gasteiger partial charge in [-0.05, 0) is 18.2 Å². The summed E-state index contributed by atoms with van der Waals surface area (Å²) in [5.74, 6) is -1.51. The lowest BCUT2D eigenvalue weighted by Crippen LogP contribution is -2.03. The number of hydrogen-bond donors (Lipinski definition) is 0. The van der Waals surface area contributed by atoms with Gasteiger partial charge in [-0.2, -0.15) is 4.39 Å². The van der Waals surface area contributed by atoms with E-state index in [2.05, 4.69) is 9.72 Å². The summed E-state index contributed by atoms with van der Waals surface area (Å²) < 4.78 is 18.0. The highest BCUT2D eigenvalue weighted by atomic mass is 35.5. The number of ether oxygens (including phenoxy) is 1. The number of carbonyl (C=O) groups excluding carboxylic acids is 1. The summed E-state index contributed by atoms with van der Waals surface area (Å²) in [6.07, 6.45) is 0. The number of hydrogen-bond acceptors (Lipinski definition) is 3. The summed E-state index contributed by atoms with van der Waals surface area (Å²) in [5, 5.41) is 0.537. The van der Waals surface area contributed by atoms with Crippen molar-refractivity contribution in [2.45, 2.75) is 0 Å². The molecule has 0 saturated carbocycles. The Hall–Kier alpha value is -1.36. The quantitative estimate of drug-likeness (QED) is 0.456. The number of halogens is 4. The van der Waals surface area contributed by atoms with E-state index in [9.17, 15) is 9.18 Å². The minimum Gasteiger partial charge on any atom is -0.465 e. The Kier molecular flexibility index (Phi) is 4.48. The molecule has 1 aromatic carbocycles. The Balaban J connectivity index is 2.61. The van der Waals surface area contributed by atoms with Crippen molar-refractivity contribution < 1.29 is 13.9 Å². The minimum atomic E-state index is -0.829. The summed E-state index contributed by atoms with van der Waals surface area (Å²) in [4.78, 5) is 15.2. The average Bonchev–Trinajstić information content (AvgIpc) is 2.43. The summed E-state index contributed by atoms with van der Waals surface area (Å²) in [5.41, 5.74) is 0.553. The molecule has 1 heterocycles. The molecule has 0 bridgehead atoms. The number of rotatable bonds is 2. The number of pyridine rings is 1. The van der Waals surface area contributed by atoms with E-state index in [0.717, 1.165) is 6.07 Å². The number of esters is 1. The predicted octanol–water partition coefficient (Wildman–Crippen LogP) is 4.63. The second-order valence-electron chi connectivity index (χ2n) is 3.78. The van der Waals surface area contributed by atoms with Gasteiger partial charge in [-0.25, -0.2) is 9.78 Å². The van der Waals surface area contributed by atoms with Gasteiger partial charge in [0.25, 0.3) is 0 Å². The van der Waals surface area contributed by atoms with E-state index >= 15 is 0 Å². The molecule has 2 aromatic rings. The lowest BCUT2D eigenvalue weighted by atomic mass is 10.1. The number of methoxy groups -OCH3 is 1. The SMILES string of the molecule is COC(=O)c1cc(F)nc(-c2ccc(Cl)c(Cl)c2Cl)c1. The zero-order chi connectivity index (χ0) is 14.9. The molecule has 0 unspecified atom stereocenters. The number of nitrogens with zero attached hydrogens (tertiary/aromatic N) is 1. The molecule has 0 radical (unpaired) electrons. The van der Waals surface area contributed by atoms with Crippen LogP contribution in [-0.4, -0.2) is 18.1 Å². The van der Waals surface area contributed by atoms with Crippen LogP contribution in [0.2, 0.25) is 15.1 Å². The first-order chi connectivity index (χ1) is 9.43. The third kappa shape index (κ3) is 2.87. The van der Waals surface area contributed by atoms with E-state index in [-0.39, 0.29) is 26.3 Å². The highest BCUT2D eigenvalue weighted by Gasteiger charge is 2.15. The normalized spacial score (nSPS) is 10.4. The van der Waals surface area contributed by atoms with E-state index < -0.39 is 11.9 Å². The molecule has 7 heteroatoms. The molecule has 2 rings (SSSR count). The van der Waals surface area contributed by atoms with E-state index in [4.69, 9.17) is 34.8 Å². The van der Waals surface area contributed by atoms with Crippen LogP contribution in [0.1, 0.15) is 10.4 Å². The van der Waals surface area contributed by atoms with Gasteiger partial charge in [0.05, 0.1) is 33.4 Å². The average molecular weight is 335 g/mol. The summed E-state index contributed by atoms with van der Waals surface area (Å²) in [7, 11) is 1.20. The van der Waals surface area contributed by atoms with Gasteiger partial charge in [-0.1, -0.05) is 34.8 Å². The fourth-order valence-electron chi connectivity index (χ4n) is 1.59. The van der Waals surface area contributed by atoms with Gasteiger partial charge in [0, 0.05) is 11.6 Å². The van der Waals surface area contributed by atoms with Gasteiger partial charge < -0.3 is 4.74 Å². The first-order valence-corrected chi connectivity index (χ1v) is 6.47. The van der Waals surface area contributed by atoms with Crippen molar-refractivity contribution in [1.29, 1.82) is 0 Å². The van der Waals surface area contributed by atoms with Crippen LogP contribution < -0.4 is 0 Å². The van der Waals surface area contributed by atoms with Gasteiger partial charge in [0.2, 0.25) is 5.95 Å². The van der Waals surface area contributed by atoms with Crippen molar-refractivity contribution >= 4 is 40.8 Å². The molecule has 0 spiro atoms. The van der Waals surface area contributed by atoms with Crippen molar-refractivity contribution in [2.24, 2.45) is 0 Å². The maximum absolute atomic E-state index is 13.5. The highest BCUT2D eigenvalue weighted by molar-refractivity contribution is 6.49. The molecule has 0 amide bonds. The Morgan fingerprint density at radius 1 is 1.20 bits per heavy atom. The predicted molar refractivity (Wildman–Crippen MR) is 76.0 cm³/mol. The van der Waals surface area contributed by atoms with Crippen LogP contribution in [-0.2, 0) is 4.74 Å². The number of aromatic nitrogens is 1.